The van der Waals surface area contributed by atoms with Gasteiger partial charge in [0.05, 0.1) is 0 Å². The van der Waals surface area contributed by atoms with Gasteiger partial charge < -0.3 is 0 Å². The van der Waals surface area contributed by atoms with Crippen molar-refractivity contribution >= 4 is 16.9 Å². The molecule has 0 fully saturated rings. The van der Waals surface area contributed by atoms with Crippen LogP contribution < -0.4 is 0 Å². The number of terminal acetylenes is 2. The van der Waals surface area contributed by atoms with Gasteiger partial charge >= 0.3 is 0 Å². The van der Waals surface area contributed by atoms with Crippen LogP contribution in [0.5, 0.6) is 0 Å². The lowest BCUT2D eigenvalue weighted by Gasteiger charge is -2.34. The summed E-state index contributed by atoms with van der Waals surface area (Å²) in [6, 6.07) is 12.2. The number of hydrogen-bond donors (Lipinski definition) is 0. The maximum atomic E-state index is 13.5. The van der Waals surface area contributed by atoms with Crippen molar-refractivity contribution in [3.8, 4) is 24.7 Å². The Balaban J connectivity index is 0.00000154. The molecule has 189 valence electrons. The van der Waals surface area contributed by atoms with Gasteiger partial charge in [-0.3, -0.25) is 4.79 Å². The molecule has 1 unspecified atom stereocenters. The van der Waals surface area contributed by atoms with Crippen molar-refractivity contribution in [2.24, 2.45) is 11.3 Å². The predicted octanol–water partition coefficient (Wildman–Crippen LogP) is 8.73. The standard InChI is InChI=1S/C30H28FO.2C2H6/c1-6-9-26(19-28(32)17-22-10-8-11-27(31)16-22)30(4,5)20-21(3)25-15-12-23(7-2)29(18-25)24-13-14-24;2*1-2/h1-2,8,10-16,18,26H,3,9,17,19-20H2,4-5H3;2*1-2H3. The van der Waals surface area contributed by atoms with Crippen LogP contribution in [0.1, 0.15) is 83.1 Å². The molecule has 1 nitrogen and oxygen atoms in total. The topological polar surface area (TPSA) is 17.1 Å². The van der Waals surface area contributed by atoms with Crippen LogP contribution >= 0.6 is 0 Å². The second-order valence-electron chi connectivity index (χ2n) is 9.12. The number of allylic oxidation sites excluding steroid dienone is 3. The van der Waals surface area contributed by atoms with Crippen LogP contribution in [-0.2, 0) is 11.2 Å². The van der Waals surface area contributed by atoms with Crippen LogP contribution in [0.3, 0.4) is 0 Å². The van der Waals surface area contributed by atoms with Crippen LogP contribution in [0.25, 0.3) is 11.1 Å². The lowest BCUT2D eigenvalue weighted by molar-refractivity contribution is -0.120. The van der Waals surface area contributed by atoms with Gasteiger partial charge in [-0.2, -0.15) is 0 Å². The molecular weight excluding hydrogens is 443 g/mol. The van der Waals surface area contributed by atoms with Crippen molar-refractivity contribution in [3.05, 3.63) is 89.6 Å². The molecule has 0 amide bonds. The first-order valence-electron chi connectivity index (χ1n) is 12.8. The van der Waals surface area contributed by atoms with Crippen LogP contribution in [0, 0.1) is 48.3 Å². The monoisotopic (exact) mass is 483 g/mol. The van der Waals surface area contributed by atoms with Gasteiger partial charge in [0, 0.05) is 31.2 Å². The number of carbonyl (C=O) groups is 1. The first kappa shape index (κ1) is 30.7. The van der Waals surface area contributed by atoms with Crippen LogP contribution in [-0.4, -0.2) is 5.78 Å². The van der Waals surface area contributed by atoms with Crippen LogP contribution in [0.4, 0.5) is 4.39 Å². The van der Waals surface area contributed by atoms with Crippen LogP contribution in [0.2, 0.25) is 0 Å². The zero-order valence-corrected chi connectivity index (χ0v) is 22.7. The molecule has 2 aromatic rings. The zero-order chi connectivity index (χ0) is 27.3. The van der Waals surface area contributed by atoms with Crippen molar-refractivity contribution in [2.75, 3.05) is 0 Å². The molecule has 0 N–H and O–H groups in total. The van der Waals surface area contributed by atoms with Crippen molar-refractivity contribution < 1.29 is 9.18 Å². The normalized spacial score (nSPS) is 12.3. The summed E-state index contributed by atoms with van der Waals surface area (Å²) in [4.78, 5) is 12.8. The van der Waals surface area contributed by atoms with E-state index in [-0.39, 0.29) is 29.4 Å². The van der Waals surface area contributed by atoms with Crippen molar-refractivity contribution in [3.63, 3.8) is 0 Å². The van der Waals surface area contributed by atoms with E-state index in [4.69, 9.17) is 12.8 Å². The van der Waals surface area contributed by atoms with Gasteiger partial charge in [-0.15, -0.1) is 18.8 Å². The molecule has 0 saturated heterocycles. The molecule has 0 saturated carbocycles. The summed E-state index contributed by atoms with van der Waals surface area (Å²) in [5.74, 6) is 5.20. The number of rotatable bonds is 10. The number of ketones is 1. The van der Waals surface area contributed by atoms with E-state index in [2.05, 4.69) is 38.3 Å². The Morgan fingerprint density at radius 2 is 1.75 bits per heavy atom. The van der Waals surface area contributed by atoms with Crippen molar-refractivity contribution in [1.82, 2.24) is 0 Å². The minimum Gasteiger partial charge on any atom is -0.299 e. The molecule has 0 aliphatic heterocycles. The number of benzene rings is 2. The summed E-state index contributed by atoms with van der Waals surface area (Å²) in [7, 11) is 0. The molecule has 3 rings (SSSR count). The molecular formula is C34H40FO. The van der Waals surface area contributed by atoms with Gasteiger partial charge in [0.1, 0.15) is 11.6 Å². The van der Waals surface area contributed by atoms with E-state index in [0.717, 1.165) is 27.8 Å². The Labute approximate surface area is 218 Å². The largest absolute Gasteiger partial charge is 0.299 e. The highest BCUT2D eigenvalue weighted by Crippen LogP contribution is 2.41. The molecule has 2 heteroatoms. The predicted molar refractivity (Wildman–Crippen MR) is 153 cm³/mol. The molecule has 0 aromatic heterocycles. The zero-order valence-electron chi connectivity index (χ0n) is 22.7. The number of carbonyl (C=O) groups excluding carboxylic acids is 1. The summed E-state index contributed by atoms with van der Waals surface area (Å²) < 4.78 is 13.5. The van der Waals surface area contributed by atoms with E-state index in [1.165, 1.54) is 12.1 Å². The van der Waals surface area contributed by atoms with Crippen molar-refractivity contribution in [1.29, 1.82) is 0 Å². The van der Waals surface area contributed by atoms with Gasteiger partial charge in [0.2, 0.25) is 0 Å². The number of halogens is 1. The highest BCUT2D eigenvalue weighted by molar-refractivity contribution is 5.90. The molecule has 0 heterocycles. The van der Waals surface area contributed by atoms with E-state index in [9.17, 15) is 9.18 Å². The molecule has 1 aliphatic carbocycles. The third-order valence-electron chi connectivity index (χ3n) is 6.13. The van der Waals surface area contributed by atoms with Gasteiger partial charge in [-0.1, -0.05) is 78.3 Å². The quantitative estimate of drug-likeness (QED) is 0.309. The maximum absolute atomic E-state index is 13.5. The molecule has 0 bridgehead atoms. The summed E-state index contributed by atoms with van der Waals surface area (Å²) in [5, 5.41) is 0. The SMILES string of the molecule is C#CCC(CC(=O)Cc1cccc(F)c1)C(C)(C)CC(=C)c1ccc(C#C)c(C2=C[CH]2)c1.CC.CC. The fourth-order valence-electron chi connectivity index (χ4n) is 4.14. The fourth-order valence-corrected chi connectivity index (χ4v) is 4.14. The summed E-state index contributed by atoms with van der Waals surface area (Å²) in [6.45, 7) is 16.6. The van der Waals surface area contributed by atoms with E-state index in [1.54, 1.807) is 12.1 Å². The van der Waals surface area contributed by atoms with Crippen LogP contribution in [0.15, 0.2) is 55.1 Å². The van der Waals surface area contributed by atoms with Gasteiger partial charge in [-0.25, -0.2) is 4.39 Å². The number of Topliss-reactive ketones (excluding diaryl/α,β-unsaturated/α-hetero) is 1. The number of hydrogen-bond acceptors (Lipinski definition) is 1. The second-order valence-corrected chi connectivity index (χ2v) is 9.12. The minimum absolute atomic E-state index is 0.00534. The van der Waals surface area contributed by atoms with Gasteiger partial charge in [0.25, 0.3) is 0 Å². The van der Waals surface area contributed by atoms with Gasteiger partial charge in [-0.05, 0) is 69.9 Å². The Bertz CT molecular complexity index is 1150. The van der Waals surface area contributed by atoms with Crippen molar-refractivity contribution in [2.45, 2.75) is 67.2 Å². The molecule has 36 heavy (non-hydrogen) atoms. The molecule has 2 aromatic carbocycles. The molecule has 1 atom stereocenters. The fraction of sp³-hybridized carbons (Fsp3) is 0.353. The van der Waals surface area contributed by atoms with E-state index < -0.39 is 0 Å². The van der Waals surface area contributed by atoms with E-state index in [1.807, 2.05) is 52.3 Å². The highest BCUT2D eigenvalue weighted by Gasteiger charge is 2.31. The Kier molecular flexibility index (Phi) is 12.7. The average Bonchev–Trinajstić information content (AvgIpc) is 3.71. The molecule has 1 aliphatic rings. The van der Waals surface area contributed by atoms with Gasteiger partial charge in [0.15, 0.2) is 0 Å². The second kappa shape index (κ2) is 14.9. The average molecular weight is 484 g/mol. The lowest BCUT2D eigenvalue weighted by Crippen LogP contribution is -2.27. The Morgan fingerprint density at radius 3 is 2.31 bits per heavy atom. The smallest absolute Gasteiger partial charge is 0.137 e. The Hall–Kier alpha value is -3.36. The maximum Gasteiger partial charge on any atom is 0.137 e. The third-order valence-corrected chi connectivity index (χ3v) is 6.13. The van der Waals surface area contributed by atoms with E-state index >= 15 is 0 Å². The van der Waals surface area contributed by atoms with E-state index in [0.29, 0.717) is 24.8 Å². The summed E-state index contributed by atoms with van der Waals surface area (Å²) >= 11 is 0. The lowest BCUT2D eigenvalue weighted by atomic mass is 9.70. The first-order valence-corrected chi connectivity index (χ1v) is 12.8. The minimum atomic E-state index is -0.332. The molecule has 0 spiro atoms. The summed E-state index contributed by atoms with van der Waals surface area (Å²) in [5.41, 5.74) is 5.55. The molecule has 1 radical (unpaired) electrons. The first-order chi connectivity index (χ1) is 17.2. The Morgan fingerprint density at radius 1 is 1.08 bits per heavy atom. The highest BCUT2D eigenvalue weighted by atomic mass is 19.1. The summed E-state index contributed by atoms with van der Waals surface area (Å²) in [6.07, 6.45) is 17.1. The third kappa shape index (κ3) is 9.02.